The molecule has 3 heterocycles. The topological polar surface area (TPSA) is 50.7 Å². The van der Waals surface area contributed by atoms with Crippen LogP contribution in [-0.4, -0.2) is 28.3 Å². The summed E-state index contributed by atoms with van der Waals surface area (Å²) in [5.74, 6) is 0. The van der Waals surface area contributed by atoms with Crippen molar-refractivity contribution in [2.45, 2.75) is 24.7 Å². The van der Waals surface area contributed by atoms with E-state index in [1.807, 2.05) is 0 Å². The van der Waals surface area contributed by atoms with E-state index in [2.05, 4.69) is 20.5 Å². The molecule has 0 aliphatic carbocycles. The summed E-state index contributed by atoms with van der Waals surface area (Å²) in [5, 5.41) is 10.9. The molecule has 0 spiro atoms. The van der Waals surface area contributed by atoms with Crippen LogP contribution in [0.15, 0.2) is 18.2 Å². The lowest BCUT2D eigenvalue weighted by atomic mass is 9.97. The van der Waals surface area contributed by atoms with E-state index in [1.165, 1.54) is 12.1 Å². The molecule has 0 bridgehead atoms. The Morgan fingerprint density at radius 2 is 2.00 bits per heavy atom. The van der Waals surface area contributed by atoms with Crippen molar-refractivity contribution >= 4 is 23.7 Å². The fraction of sp³-hybridized carbons (Fsp3) is 0.462. The third kappa shape index (κ3) is 3.78. The zero-order valence-corrected chi connectivity index (χ0v) is 13.4. The minimum atomic E-state index is -4.53. The van der Waals surface area contributed by atoms with E-state index in [1.54, 1.807) is 0 Å². The van der Waals surface area contributed by atoms with E-state index >= 15 is 0 Å². The molecule has 0 aromatic carbocycles. The molecule has 1 N–H and O–H groups in total. The standard InChI is InChI=1S/C13H12F4N4S.ClH/c14-12(5-2-6-18-7-12)11-21-20-10(22-11)8-3-1-4-9(19-8)13(15,16)17;/h1,3-4,18H,2,5-7H2;1H. The number of aromatic nitrogens is 3. The van der Waals surface area contributed by atoms with E-state index in [4.69, 9.17) is 0 Å². The molecular formula is C13H13ClF4N4S. The Bertz CT molecular complexity index is 670. The number of hydrogen-bond donors (Lipinski definition) is 1. The zero-order chi connectivity index (χ0) is 15.8. The number of nitrogens with one attached hydrogen (secondary N) is 1. The zero-order valence-electron chi connectivity index (χ0n) is 11.7. The van der Waals surface area contributed by atoms with Crippen molar-refractivity contribution in [3.05, 3.63) is 28.9 Å². The molecule has 23 heavy (non-hydrogen) atoms. The van der Waals surface area contributed by atoms with Gasteiger partial charge in [-0.1, -0.05) is 17.4 Å². The Hall–Kier alpha value is -1.32. The first-order valence-electron chi connectivity index (χ1n) is 6.67. The molecule has 10 heteroatoms. The normalized spacial score (nSPS) is 21.7. The predicted molar refractivity (Wildman–Crippen MR) is 80.3 cm³/mol. The molecule has 3 rings (SSSR count). The van der Waals surface area contributed by atoms with Gasteiger partial charge >= 0.3 is 6.18 Å². The number of alkyl halides is 4. The molecule has 1 atom stereocenters. The highest BCUT2D eigenvalue weighted by Gasteiger charge is 2.38. The quantitative estimate of drug-likeness (QED) is 0.823. The first kappa shape index (κ1) is 18.0. The van der Waals surface area contributed by atoms with Crippen LogP contribution in [-0.2, 0) is 11.8 Å². The first-order valence-corrected chi connectivity index (χ1v) is 7.48. The molecule has 2 aromatic heterocycles. The Morgan fingerprint density at radius 1 is 1.22 bits per heavy atom. The van der Waals surface area contributed by atoms with Gasteiger partial charge < -0.3 is 5.32 Å². The van der Waals surface area contributed by atoms with Crippen LogP contribution in [0, 0.1) is 0 Å². The Morgan fingerprint density at radius 3 is 2.65 bits per heavy atom. The molecule has 0 radical (unpaired) electrons. The van der Waals surface area contributed by atoms with Gasteiger partial charge in [0.15, 0.2) is 15.7 Å². The summed E-state index contributed by atoms with van der Waals surface area (Å²) in [5.41, 5.74) is -2.57. The lowest BCUT2D eigenvalue weighted by Gasteiger charge is -2.27. The van der Waals surface area contributed by atoms with E-state index in [-0.39, 0.29) is 34.7 Å². The lowest BCUT2D eigenvalue weighted by molar-refractivity contribution is -0.141. The molecule has 1 unspecified atom stereocenters. The molecule has 1 saturated heterocycles. The Labute approximate surface area is 139 Å². The van der Waals surface area contributed by atoms with Gasteiger partial charge in [-0.25, -0.2) is 9.37 Å². The van der Waals surface area contributed by atoms with Crippen LogP contribution in [0.4, 0.5) is 17.6 Å². The van der Waals surface area contributed by atoms with Crippen molar-refractivity contribution in [3.8, 4) is 10.7 Å². The average molecular weight is 369 g/mol. The fourth-order valence-corrected chi connectivity index (χ4v) is 3.19. The molecule has 0 amide bonds. The Balaban J connectivity index is 0.00000192. The summed E-state index contributed by atoms with van der Waals surface area (Å²) in [4.78, 5) is 3.54. The predicted octanol–water partition coefficient (Wildman–Crippen LogP) is 3.59. The maximum absolute atomic E-state index is 14.7. The molecule has 1 aliphatic heterocycles. The summed E-state index contributed by atoms with van der Waals surface area (Å²) >= 11 is 0.944. The number of nitrogens with zero attached hydrogens (tertiary/aromatic N) is 3. The van der Waals surface area contributed by atoms with Crippen molar-refractivity contribution in [2.75, 3.05) is 13.1 Å². The summed E-state index contributed by atoms with van der Waals surface area (Å²) < 4.78 is 52.8. The maximum atomic E-state index is 14.7. The van der Waals surface area contributed by atoms with Crippen molar-refractivity contribution in [3.63, 3.8) is 0 Å². The van der Waals surface area contributed by atoms with Crippen molar-refractivity contribution in [1.29, 1.82) is 0 Å². The lowest BCUT2D eigenvalue weighted by Crippen LogP contribution is -2.40. The molecule has 2 aromatic rings. The molecular weight excluding hydrogens is 356 g/mol. The van der Waals surface area contributed by atoms with Gasteiger partial charge in [0.25, 0.3) is 0 Å². The van der Waals surface area contributed by atoms with Crippen LogP contribution < -0.4 is 5.32 Å². The van der Waals surface area contributed by atoms with Crippen LogP contribution in [0.3, 0.4) is 0 Å². The van der Waals surface area contributed by atoms with Crippen LogP contribution >= 0.6 is 23.7 Å². The summed E-state index contributed by atoms with van der Waals surface area (Å²) in [6.45, 7) is 0.879. The van der Waals surface area contributed by atoms with E-state index in [9.17, 15) is 17.6 Å². The monoisotopic (exact) mass is 368 g/mol. The molecule has 4 nitrogen and oxygen atoms in total. The highest BCUT2D eigenvalue weighted by atomic mass is 35.5. The first-order chi connectivity index (χ1) is 10.4. The second kappa shape index (κ2) is 6.66. The number of halogens is 5. The molecule has 126 valence electrons. The molecule has 0 saturated carbocycles. The minimum absolute atomic E-state index is 0. The molecule has 1 aliphatic rings. The Kier molecular flexibility index (Phi) is 5.22. The summed E-state index contributed by atoms with van der Waals surface area (Å²) in [7, 11) is 0. The van der Waals surface area contributed by atoms with Gasteiger partial charge in [0, 0.05) is 6.54 Å². The van der Waals surface area contributed by atoms with E-state index in [0.717, 1.165) is 23.9 Å². The summed E-state index contributed by atoms with van der Waals surface area (Å²) in [6.07, 6.45) is -3.53. The van der Waals surface area contributed by atoms with Gasteiger partial charge in [0.05, 0.1) is 0 Å². The number of piperidine rings is 1. The number of pyridine rings is 1. The highest BCUT2D eigenvalue weighted by molar-refractivity contribution is 7.14. The summed E-state index contributed by atoms with van der Waals surface area (Å²) in [6, 6.07) is 3.54. The maximum Gasteiger partial charge on any atom is 0.433 e. The van der Waals surface area contributed by atoms with Crippen LogP contribution in [0.1, 0.15) is 23.5 Å². The van der Waals surface area contributed by atoms with Crippen molar-refractivity contribution in [2.24, 2.45) is 0 Å². The third-order valence-electron chi connectivity index (χ3n) is 3.40. The van der Waals surface area contributed by atoms with E-state index in [0.29, 0.717) is 12.8 Å². The van der Waals surface area contributed by atoms with Crippen molar-refractivity contribution < 1.29 is 17.6 Å². The van der Waals surface area contributed by atoms with Gasteiger partial charge in [-0.2, -0.15) is 13.2 Å². The van der Waals surface area contributed by atoms with Gasteiger partial charge in [0.2, 0.25) is 0 Å². The van der Waals surface area contributed by atoms with Crippen molar-refractivity contribution in [1.82, 2.24) is 20.5 Å². The molecule has 1 fully saturated rings. The fourth-order valence-electron chi connectivity index (χ4n) is 2.27. The SMILES string of the molecule is Cl.FC(F)(F)c1cccc(-c2nnc(C3(F)CCCNC3)s2)n1. The van der Waals surface area contributed by atoms with Crippen LogP contribution in [0.25, 0.3) is 10.7 Å². The van der Waals surface area contributed by atoms with E-state index < -0.39 is 17.5 Å². The number of rotatable bonds is 2. The van der Waals surface area contributed by atoms with Crippen LogP contribution in [0.5, 0.6) is 0 Å². The van der Waals surface area contributed by atoms with Gasteiger partial charge in [-0.15, -0.1) is 22.6 Å². The average Bonchev–Trinajstić information content (AvgIpc) is 2.98. The second-order valence-electron chi connectivity index (χ2n) is 5.06. The van der Waals surface area contributed by atoms with Crippen LogP contribution in [0.2, 0.25) is 0 Å². The largest absolute Gasteiger partial charge is 0.433 e. The van der Waals surface area contributed by atoms with Gasteiger partial charge in [0.1, 0.15) is 11.4 Å². The van der Waals surface area contributed by atoms with Gasteiger partial charge in [-0.05, 0) is 31.5 Å². The highest BCUT2D eigenvalue weighted by Crippen LogP contribution is 2.37. The van der Waals surface area contributed by atoms with Gasteiger partial charge in [-0.3, -0.25) is 0 Å². The third-order valence-corrected chi connectivity index (χ3v) is 4.52. The second-order valence-corrected chi connectivity index (χ2v) is 6.04. The minimum Gasteiger partial charge on any atom is -0.313 e. The number of hydrogen-bond acceptors (Lipinski definition) is 5. The smallest absolute Gasteiger partial charge is 0.313 e.